The van der Waals surface area contributed by atoms with Crippen LogP contribution in [0.1, 0.15) is 17.0 Å². The van der Waals surface area contributed by atoms with Gasteiger partial charge in [-0.1, -0.05) is 176 Å². The molecule has 0 radical (unpaired) electrons. The molecule has 14 rings (SSSR count). The molecule has 1 aliphatic heterocycles. The molecule has 4 heterocycles. The zero-order valence-electron chi connectivity index (χ0n) is 37.3. The second-order valence-corrected chi connectivity index (χ2v) is 17.9. The van der Waals surface area contributed by atoms with Crippen LogP contribution in [0.5, 0.6) is 5.75 Å². The Morgan fingerprint density at radius 1 is 0.391 bits per heavy atom. The van der Waals surface area contributed by atoms with Crippen LogP contribution in [0.2, 0.25) is 0 Å². The summed E-state index contributed by atoms with van der Waals surface area (Å²) in [5.74, 6) is 2.75. The maximum absolute atomic E-state index is 7.25. The number of hydrogen-bond acceptors (Lipinski definition) is 4. The van der Waals surface area contributed by atoms with E-state index in [-0.39, 0.29) is 12.0 Å². The first-order valence-electron chi connectivity index (χ1n) is 23.5. The van der Waals surface area contributed by atoms with E-state index in [4.69, 9.17) is 19.7 Å². The number of nitrogens with zero attached hydrogens (tertiary/aromatic N) is 5. The smallest absolute Gasteiger partial charge is 0.164 e. The third kappa shape index (κ3) is 6.37. The number of rotatable bonds is 7. The minimum absolute atomic E-state index is 0.0472. The van der Waals surface area contributed by atoms with Crippen molar-refractivity contribution in [1.82, 2.24) is 24.1 Å². The number of allylic oxidation sites excluding steroid dienone is 2. The first-order valence-corrected chi connectivity index (χ1v) is 23.5. The predicted octanol–water partition coefficient (Wildman–Crippen LogP) is 15.2. The molecule has 324 valence electrons. The SMILES string of the molecule is C1=CC(c2cccc(-c3nc(-c4ccccc4)nc(-c4ccccc4)n3)c2)C2Oc3c(cccc3-n3c4ccccc4c4cc(-c5ccc6c(c5)c5ccccc5n6-c5ccccc5)ccc43)C2=C1. The molecule has 9 aromatic carbocycles. The van der Waals surface area contributed by atoms with Gasteiger partial charge in [-0.05, 0) is 77.4 Å². The molecule has 0 amide bonds. The summed E-state index contributed by atoms with van der Waals surface area (Å²) < 4.78 is 12.0. The van der Waals surface area contributed by atoms with E-state index >= 15 is 0 Å². The molecule has 2 atom stereocenters. The second kappa shape index (κ2) is 15.8. The molecule has 1 aliphatic carbocycles. The van der Waals surface area contributed by atoms with E-state index in [0.29, 0.717) is 17.5 Å². The lowest BCUT2D eigenvalue weighted by molar-refractivity contribution is 0.258. The molecule has 0 spiro atoms. The number of fused-ring (bicyclic) bond motifs is 9. The quantitative estimate of drug-likeness (QED) is 0.160. The van der Waals surface area contributed by atoms with Crippen LogP contribution in [-0.4, -0.2) is 30.2 Å². The fraction of sp³-hybridized carbons (Fsp3) is 0.0317. The fourth-order valence-electron chi connectivity index (χ4n) is 10.8. The molecule has 0 saturated heterocycles. The van der Waals surface area contributed by atoms with Crippen LogP contribution in [-0.2, 0) is 0 Å². The van der Waals surface area contributed by atoms with Gasteiger partial charge >= 0.3 is 0 Å². The van der Waals surface area contributed by atoms with Crippen LogP contribution in [0.15, 0.2) is 237 Å². The van der Waals surface area contributed by atoms with E-state index in [1.165, 1.54) is 49.3 Å². The maximum Gasteiger partial charge on any atom is 0.164 e. The van der Waals surface area contributed by atoms with Crippen LogP contribution >= 0.6 is 0 Å². The molecular weight excluding hydrogens is 843 g/mol. The Morgan fingerprint density at radius 3 is 1.57 bits per heavy atom. The van der Waals surface area contributed by atoms with Gasteiger partial charge in [0.25, 0.3) is 0 Å². The molecule has 2 aliphatic rings. The summed E-state index contributed by atoms with van der Waals surface area (Å²) >= 11 is 0. The standard InChI is InChI=1S/C63H41N5O/c1-4-17-40(18-5-1)61-64-62(41-19-6-2-7-20-41)66-63(65-61)45-22-14-21-44(37-45)47-27-15-28-50-51-29-16-32-58(60(51)69-59(47)50)68-55-31-13-11-26-49(55)53-39-43(34-36-57(53)68)42-33-35-56-52(38-42)48-25-10-12-30-54(48)67(56)46-23-8-3-9-24-46/h1-39,47,59H. The molecule has 3 aromatic heterocycles. The Morgan fingerprint density at radius 2 is 0.913 bits per heavy atom. The Balaban J connectivity index is 0.837. The lowest BCUT2D eigenvalue weighted by Crippen LogP contribution is -2.23. The number of benzene rings is 9. The van der Waals surface area contributed by atoms with Crippen LogP contribution < -0.4 is 4.74 Å². The molecule has 0 fully saturated rings. The number of para-hydroxylation sites is 4. The third-order valence-electron chi connectivity index (χ3n) is 13.9. The van der Waals surface area contributed by atoms with E-state index < -0.39 is 0 Å². The first kappa shape index (κ1) is 39.1. The Bertz CT molecular complexity index is 4000. The van der Waals surface area contributed by atoms with Crippen molar-refractivity contribution >= 4 is 49.2 Å². The van der Waals surface area contributed by atoms with Gasteiger partial charge in [0.05, 0.1) is 27.8 Å². The number of aromatic nitrogens is 5. The first-order chi connectivity index (χ1) is 34.2. The summed E-state index contributed by atoms with van der Waals surface area (Å²) in [5.41, 5.74) is 15.4. The van der Waals surface area contributed by atoms with E-state index in [1.807, 2.05) is 60.7 Å². The molecule has 0 bridgehead atoms. The van der Waals surface area contributed by atoms with Gasteiger partial charge in [-0.15, -0.1) is 0 Å². The second-order valence-electron chi connectivity index (χ2n) is 17.9. The van der Waals surface area contributed by atoms with Crippen LogP contribution in [0.25, 0.3) is 106 Å². The Kier molecular flexibility index (Phi) is 8.92. The van der Waals surface area contributed by atoms with Crippen molar-refractivity contribution in [2.45, 2.75) is 12.0 Å². The van der Waals surface area contributed by atoms with Gasteiger partial charge < -0.3 is 13.9 Å². The normalized spacial score (nSPS) is 15.1. The van der Waals surface area contributed by atoms with Crippen molar-refractivity contribution in [3.63, 3.8) is 0 Å². The predicted molar refractivity (Wildman–Crippen MR) is 281 cm³/mol. The molecule has 6 heteroatoms. The lowest BCUT2D eigenvalue weighted by atomic mass is 9.83. The third-order valence-corrected chi connectivity index (χ3v) is 13.9. The molecular formula is C63H41N5O. The van der Waals surface area contributed by atoms with Crippen LogP contribution in [0.3, 0.4) is 0 Å². The minimum atomic E-state index is -0.220. The summed E-state index contributed by atoms with van der Waals surface area (Å²) in [4.78, 5) is 15.0. The number of hydrogen-bond donors (Lipinski definition) is 0. The van der Waals surface area contributed by atoms with Crippen molar-refractivity contribution in [2.75, 3.05) is 0 Å². The Labute approximate surface area is 398 Å². The summed E-state index contributed by atoms with van der Waals surface area (Å²) in [7, 11) is 0. The average Bonchev–Trinajstić information content (AvgIpc) is 4.09. The van der Waals surface area contributed by atoms with E-state index in [1.54, 1.807) is 0 Å². The van der Waals surface area contributed by atoms with E-state index in [9.17, 15) is 0 Å². The minimum Gasteiger partial charge on any atom is -0.482 e. The van der Waals surface area contributed by atoms with Crippen molar-refractivity contribution in [3.8, 4) is 62.4 Å². The highest BCUT2D eigenvalue weighted by molar-refractivity contribution is 6.13. The highest BCUT2D eigenvalue weighted by atomic mass is 16.5. The fourth-order valence-corrected chi connectivity index (χ4v) is 10.8. The molecule has 2 unspecified atom stereocenters. The summed E-state index contributed by atoms with van der Waals surface area (Å²) in [5, 5.41) is 4.88. The van der Waals surface area contributed by atoms with Crippen molar-refractivity contribution in [2.24, 2.45) is 0 Å². The monoisotopic (exact) mass is 883 g/mol. The van der Waals surface area contributed by atoms with Crippen LogP contribution in [0.4, 0.5) is 0 Å². The molecule has 0 N–H and O–H groups in total. The number of ether oxygens (including phenoxy) is 1. The Hall–Kier alpha value is -9.13. The zero-order valence-corrected chi connectivity index (χ0v) is 37.3. The van der Waals surface area contributed by atoms with Gasteiger partial charge in [0, 0.05) is 61.0 Å². The van der Waals surface area contributed by atoms with E-state index in [0.717, 1.165) is 56.0 Å². The highest BCUT2D eigenvalue weighted by Gasteiger charge is 2.38. The average molecular weight is 884 g/mol. The highest BCUT2D eigenvalue weighted by Crippen LogP contribution is 2.50. The molecule has 6 nitrogen and oxygen atoms in total. The summed E-state index contributed by atoms with van der Waals surface area (Å²) in [6.45, 7) is 0. The summed E-state index contributed by atoms with van der Waals surface area (Å²) in [6, 6.07) is 77.3. The van der Waals surface area contributed by atoms with Gasteiger partial charge in [-0.2, -0.15) is 0 Å². The van der Waals surface area contributed by atoms with Crippen molar-refractivity contribution in [3.05, 3.63) is 248 Å². The summed E-state index contributed by atoms with van der Waals surface area (Å²) in [6.07, 6.45) is 6.44. The molecule has 12 aromatic rings. The topological polar surface area (TPSA) is 57.8 Å². The van der Waals surface area contributed by atoms with Crippen LogP contribution in [0, 0.1) is 0 Å². The molecule has 0 saturated carbocycles. The van der Waals surface area contributed by atoms with Crippen molar-refractivity contribution < 1.29 is 4.74 Å². The van der Waals surface area contributed by atoms with Gasteiger partial charge in [-0.3, -0.25) is 0 Å². The zero-order chi connectivity index (χ0) is 45.4. The van der Waals surface area contributed by atoms with Gasteiger partial charge in [-0.25, -0.2) is 15.0 Å². The van der Waals surface area contributed by atoms with Gasteiger partial charge in [0.2, 0.25) is 0 Å². The van der Waals surface area contributed by atoms with Gasteiger partial charge in [0.15, 0.2) is 23.2 Å². The maximum atomic E-state index is 7.25. The lowest BCUT2D eigenvalue weighted by Gasteiger charge is -2.25. The largest absolute Gasteiger partial charge is 0.482 e. The molecule has 69 heavy (non-hydrogen) atoms. The van der Waals surface area contributed by atoms with Crippen molar-refractivity contribution in [1.29, 1.82) is 0 Å². The van der Waals surface area contributed by atoms with Gasteiger partial charge in [0.1, 0.15) is 6.10 Å². The van der Waals surface area contributed by atoms with E-state index in [2.05, 4.69) is 185 Å².